The highest BCUT2D eigenvalue weighted by atomic mass is 16.5. The fourth-order valence-corrected chi connectivity index (χ4v) is 1.87. The lowest BCUT2D eigenvalue weighted by molar-refractivity contribution is 0.102. The molecule has 3 N–H and O–H groups in total. The summed E-state index contributed by atoms with van der Waals surface area (Å²) >= 11 is 0. The highest BCUT2D eigenvalue weighted by Crippen LogP contribution is 2.21. The summed E-state index contributed by atoms with van der Waals surface area (Å²) in [7, 11) is 1.55. The summed E-state index contributed by atoms with van der Waals surface area (Å²) in [4.78, 5) is 12.2. The molecule has 0 bridgehead atoms. The minimum absolute atomic E-state index is 0.265. The van der Waals surface area contributed by atoms with Crippen molar-refractivity contribution >= 4 is 17.3 Å². The first-order valence-corrected chi connectivity index (χ1v) is 6.61. The third-order valence-electron chi connectivity index (χ3n) is 2.93. The molecule has 110 valence electrons. The molecule has 5 nitrogen and oxygen atoms in total. The van der Waals surface area contributed by atoms with Gasteiger partial charge in [0.15, 0.2) is 0 Å². The molecule has 2 aromatic carbocycles. The summed E-state index contributed by atoms with van der Waals surface area (Å²) < 4.78 is 10.4. The van der Waals surface area contributed by atoms with Gasteiger partial charge in [0.25, 0.3) is 5.91 Å². The van der Waals surface area contributed by atoms with Gasteiger partial charge in [-0.1, -0.05) is 0 Å². The number of benzene rings is 2. The second-order valence-electron chi connectivity index (χ2n) is 4.36. The van der Waals surface area contributed by atoms with Gasteiger partial charge in [-0.05, 0) is 43.3 Å². The predicted molar refractivity (Wildman–Crippen MR) is 83.0 cm³/mol. The van der Waals surface area contributed by atoms with Crippen LogP contribution in [0.25, 0.3) is 0 Å². The van der Waals surface area contributed by atoms with Crippen molar-refractivity contribution < 1.29 is 14.3 Å². The molecule has 0 spiro atoms. The minimum Gasteiger partial charge on any atom is -0.497 e. The Bertz CT molecular complexity index is 624. The van der Waals surface area contributed by atoms with Crippen LogP contribution < -0.4 is 20.5 Å². The van der Waals surface area contributed by atoms with Crippen molar-refractivity contribution in [1.82, 2.24) is 0 Å². The van der Waals surface area contributed by atoms with Crippen molar-refractivity contribution in [2.45, 2.75) is 6.92 Å². The van der Waals surface area contributed by atoms with Crippen molar-refractivity contribution in [3.8, 4) is 11.5 Å². The van der Waals surface area contributed by atoms with Gasteiger partial charge in [0.2, 0.25) is 0 Å². The van der Waals surface area contributed by atoms with Crippen LogP contribution in [0.2, 0.25) is 0 Å². The van der Waals surface area contributed by atoms with Gasteiger partial charge >= 0.3 is 0 Å². The monoisotopic (exact) mass is 286 g/mol. The van der Waals surface area contributed by atoms with Crippen LogP contribution in [-0.2, 0) is 0 Å². The van der Waals surface area contributed by atoms with Gasteiger partial charge in [0.1, 0.15) is 11.5 Å². The lowest BCUT2D eigenvalue weighted by Gasteiger charge is -2.09. The normalized spacial score (nSPS) is 10.0. The molecule has 1 amide bonds. The summed E-state index contributed by atoms with van der Waals surface area (Å²) in [5.74, 6) is 1.11. The van der Waals surface area contributed by atoms with E-state index < -0.39 is 0 Å². The van der Waals surface area contributed by atoms with Crippen LogP contribution in [0.1, 0.15) is 17.3 Å². The molecule has 0 aliphatic carbocycles. The van der Waals surface area contributed by atoms with Crippen molar-refractivity contribution in [1.29, 1.82) is 0 Å². The van der Waals surface area contributed by atoms with Crippen LogP contribution in [0.4, 0.5) is 11.4 Å². The Hall–Kier alpha value is -2.69. The van der Waals surface area contributed by atoms with Crippen molar-refractivity contribution in [2.75, 3.05) is 24.8 Å². The number of nitrogens with two attached hydrogens (primary N) is 1. The standard InChI is InChI=1S/C16H18N2O3/c1-3-21-12-6-4-11(5-7-12)18-16(19)14-9-8-13(20-2)10-15(14)17/h4-10H,3,17H2,1-2H3,(H,18,19). The topological polar surface area (TPSA) is 73.6 Å². The zero-order valence-electron chi connectivity index (χ0n) is 12.1. The van der Waals surface area contributed by atoms with E-state index in [1.165, 1.54) is 0 Å². The van der Waals surface area contributed by atoms with Crippen molar-refractivity contribution in [2.24, 2.45) is 0 Å². The molecule has 5 heteroatoms. The Balaban J connectivity index is 2.10. The van der Waals surface area contributed by atoms with Gasteiger partial charge in [0.05, 0.1) is 19.3 Å². The third kappa shape index (κ3) is 3.66. The van der Waals surface area contributed by atoms with Gasteiger partial charge in [-0.2, -0.15) is 0 Å². The van der Waals surface area contributed by atoms with Gasteiger partial charge in [-0.3, -0.25) is 4.79 Å². The Kier molecular flexibility index (Phi) is 4.66. The smallest absolute Gasteiger partial charge is 0.257 e. The summed E-state index contributed by atoms with van der Waals surface area (Å²) in [6, 6.07) is 12.1. The summed E-state index contributed by atoms with van der Waals surface area (Å²) in [6.07, 6.45) is 0. The Labute approximate surface area is 123 Å². The molecule has 0 atom stereocenters. The summed E-state index contributed by atoms with van der Waals surface area (Å²) in [6.45, 7) is 2.52. The van der Waals surface area contributed by atoms with Crippen LogP contribution in [-0.4, -0.2) is 19.6 Å². The number of hydrogen-bond donors (Lipinski definition) is 2. The second-order valence-corrected chi connectivity index (χ2v) is 4.36. The maximum atomic E-state index is 12.2. The molecule has 0 unspecified atom stereocenters. The average molecular weight is 286 g/mol. The molecule has 0 saturated heterocycles. The number of amides is 1. The van der Waals surface area contributed by atoms with Crippen LogP contribution in [0.5, 0.6) is 11.5 Å². The van der Waals surface area contributed by atoms with E-state index in [0.717, 1.165) is 5.75 Å². The van der Waals surface area contributed by atoms with Gasteiger partial charge in [-0.15, -0.1) is 0 Å². The van der Waals surface area contributed by atoms with Gasteiger partial charge in [0, 0.05) is 17.4 Å². The molecular formula is C16H18N2O3. The summed E-state index contributed by atoms with van der Waals surface area (Å²) in [5.41, 5.74) is 7.31. The van der Waals surface area contributed by atoms with E-state index >= 15 is 0 Å². The first kappa shape index (κ1) is 14.7. The SMILES string of the molecule is CCOc1ccc(NC(=O)c2ccc(OC)cc2N)cc1. The zero-order valence-corrected chi connectivity index (χ0v) is 12.1. The van der Waals surface area contributed by atoms with E-state index in [1.54, 1.807) is 49.6 Å². The molecule has 2 aromatic rings. The number of carbonyl (C=O) groups excluding carboxylic acids is 1. The Morgan fingerprint density at radius 2 is 1.81 bits per heavy atom. The van der Waals surface area contributed by atoms with E-state index in [0.29, 0.717) is 29.3 Å². The van der Waals surface area contributed by atoms with Crippen LogP contribution in [0.3, 0.4) is 0 Å². The lowest BCUT2D eigenvalue weighted by Crippen LogP contribution is -2.14. The fourth-order valence-electron chi connectivity index (χ4n) is 1.87. The number of ether oxygens (including phenoxy) is 2. The van der Waals surface area contributed by atoms with Crippen LogP contribution in [0.15, 0.2) is 42.5 Å². The number of anilines is 2. The predicted octanol–water partition coefficient (Wildman–Crippen LogP) is 2.93. The minimum atomic E-state index is -0.265. The maximum absolute atomic E-state index is 12.2. The van der Waals surface area contributed by atoms with E-state index in [4.69, 9.17) is 15.2 Å². The lowest BCUT2D eigenvalue weighted by atomic mass is 10.1. The molecule has 0 aromatic heterocycles. The third-order valence-corrected chi connectivity index (χ3v) is 2.93. The first-order valence-electron chi connectivity index (χ1n) is 6.61. The number of rotatable bonds is 5. The maximum Gasteiger partial charge on any atom is 0.257 e. The fraction of sp³-hybridized carbons (Fsp3) is 0.188. The molecule has 0 fully saturated rings. The van der Waals surface area contributed by atoms with Crippen LogP contribution >= 0.6 is 0 Å². The van der Waals surface area contributed by atoms with E-state index in [1.807, 2.05) is 6.92 Å². The van der Waals surface area contributed by atoms with Crippen LogP contribution in [0, 0.1) is 0 Å². The number of hydrogen-bond acceptors (Lipinski definition) is 4. The molecule has 0 aliphatic rings. The number of methoxy groups -OCH3 is 1. The number of carbonyl (C=O) groups is 1. The highest BCUT2D eigenvalue weighted by molar-refractivity contribution is 6.07. The second kappa shape index (κ2) is 6.65. The molecule has 2 rings (SSSR count). The number of nitrogens with one attached hydrogen (secondary N) is 1. The van der Waals surface area contributed by atoms with E-state index in [-0.39, 0.29) is 5.91 Å². The summed E-state index contributed by atoms with van der Waals surface area (Å²) in [5, 5.41) is 2.79. The van der Waals surface area contributed by atoms with Crippen molar-refractivity contribution in [3.63, 3.8) is 0 Å². The van der Waals surface area contributed by atoms with E-state index in [9.17, 15) is 4.79 Å². The molecular weight excluding hydrogens is 268 g/mol. The first-order chi connectivity index (χ1) is 10.1. The Morgan fingerprint density at radius 3 is 2.38 bits per heavy atom. The van der Waals surface area contributed by atoms with Gasteiger partial charge in [-0.25, -0.2) is 0 Å². The Morgan fingerprint density at radius 1 is 1.14 bits per heavy atom. The molecule has 0 heterocycles. The van der Waals surface area contributed by atoms with Gasteiger partial charge < -0.3 is 20.5 Å². The van der Waals surface area contributed by atoms with E-state index in [2.05, 4.69) is 5.32 Å². The largest absolute Gasteiger partial charge is 0.497 e. The highest BCUT2D eigenvalue weighted by Gasteiger charge is 2.10. The van der Waals surface area contributed by atoms with Crippen molar-refractivity contribution in [3.05, 3.63) is 48.0 Å². The number of nitrogen functional groups attached to an aromatic ring is 1. The molecule has 0 aliphatic heterocycles. The zero-order chi connectivity index (χ0) is 15.2. The quantitative estimate of drug-likeness (QED) is 0.829. The average Bonchev–Trinajstić information content (AvgIpc) is 2.49. The molecule has 21 heavy (non-hydrogen) atoms. The molecule has 0 radical (unpaired) electrons. The molecule has 0 saturated carbocycles.